The normalized spacial score (nSPS) is 11.9. The average Bonchev–Trinajstić information content (AvgIpc) is 2.74. The van der Waals surface area contributed by atoms with E-state index >= 15 is 0 Å². The Labute approximate surface area is 100 Å². The first-order chi connectivity index (χ1) is 8.12. The molecular weight excluding hydrogens is 216 g/mol. The van der Waals surface area contributed by atoms with Crippen LogP contribution in [0.2, 0.25) is 0 Å². The molecule has 0 saturated carbocycles. The second kappa shape index (κ2) is 4.67. The summed E-state index contributed by atoms with van der Waals surface area (Å²) in [6, 6.07) is 0. The van der Waals surface area contributed by atoms with Gasteiger partial charge in [-0.25, -0.2) is 15.0 Å². The van der Waals surface area contributed by atoms with Gasteiger partial charge in [0.25, 0.3) is 0 Å². The maximum Gasteiger partial charge on any atom is 0.182 e. The van der Waals surface area contributed by atoms with Crippen LogP contribution in [-0.2, 0) is 0 Å². The molecule has 6 nitrogen and oxygen atoms in total. The van der Waals surface area contributed by atoms with Crippen LogP contribution in [0.15, 0.2) is 12.7 Å². The number of aromatic nitrogens is 4. The van der Waals surface area contributed by atoms with Gasteiger partial charge in [-0.05, 0) is 18.4 Å². The molecule has 0 fully saturated rings. The van der Waals surface area contributed by atoms with Crippen molar-refractivity contribution in [2.45, 2.75) is 20.3 Å². The van der Waals surface area contributed by atoms with Gasteiger partial charge in [-0.2, -0.15) is 0 Å². The molecule has 2 aromatic heterocycles. The molecule has 0 saturated heterocycles. The van der Waals surface area contributed by atoms with Crippen molar-refractivity contribution in [2.24, 2.45) is 11.1 Å². The Hall–Kier alpha value is -1.69. The van der Waals surface area contributed by atoms with Crippen molar-refractivity contribution < 1.29 is 0 Å². The number of anilines is 1. The van der Waals surface area contributed by atoms with E-state index in [4.69, 9.17) is 5.73 Å². The smallest absolute Gasteiger partial charge is 0.182 e. The van der Waals surface area contributed by atoms with E-state index in [0.717, 1.165) is 24.3 Å². The van der Waals surface area contributed by atoms with Gasteiger partial charge in [0, 0.05) is 6.54 Å². The highest BCUT2D eigenvalue weighted by Gasteiger charge is 2.17. The molecule has 0 aromatic carbocycles. The van der Waals surface area contributed by atoms with Gasteiger partial charge < -0.3 is 16.0 Å². The van der Waals surface area contributed by atoms with Crippen LogP contribution in [-0.4, -0.2) is 33.0 Å². The van der Waals surface area contributed by atoms with E-state index in [0.29, 0.717) is 12.2 Å². The number of rotatable bonds is 5. The van der Waals surface area contributed by atoms with Crippen molar-refractivity contribution in [2.75, 3.05) is 18.4 Å². The monoisotopic (exact) mass is 234 g/mol. The summed E-state index contributed by atoms with van der Waals surface area (Å²) in [5, 5.41) is 3.32. The SMILES string of the molecule is CC(C)(CCN)CNc1ncnc2nc[nH]c12. The fourth-order valence-corrected chi connectivity index (χ4v) is 1.70. The lowest BCUT2D eigenvalue weighted by molar-refractivity contribution is 0.365. The van der Waals surface area contributed by atoms with E-state index in [2.05, 4.69) is 39.1 Å². The first kappa shape index (κ1) is 11.8. The lowest BCUT2D eigenvalue weighted by atomic mass is 9.89. The Kier molecular flexibility index (Phi) is 3.23. The molecule has 0 aliphatic rings. The molecule has 2 heterocycles. The highest BCUT2D eigenvalue weighted by molar-refractivity contribution is 5.81. The number of H-pyrrole nitrogens is 1. The predicted octanol–water partition coefficient (Wildman–Crippen LogP) is 1.14. The molecule has 4 N–H and O–H groups in total. The van der Waals surface area contributed by atoms with Crippen LogP contribution in [0.5, 0.6) is 0 Å². The Balaban J connectivity index is 2.11. The largest absolute Gasteiger partial charge is 0.368 e. The number of nitrogens with two attached hydrogens (primary N) is 1. The summed E-state index contributed by atoms with van der Waals surface area (Å²) in [4.78, 5) is 15.4. The molecular formula is C11H18N6. The van der Waals surface area contributed by atoms with Gasteiger partial charge in [0.15, 0.2) is 11.5 Å². The van der Waals surface area contributed by atoms with Crippen molar-refractivity contribution >= 4 is 17.0 Å². The van der Waals surface area contributed by atoms with Crippen LogP contribution in [0.25, 0.3) is 11.2 Å². The molecule has 0 atom stereocenters. The molecule has 0 amide bonds. The summed E-state index contributed by atoms with van der Waals surface area (Å²) < 4.78 is 0. The van der Waals surface area contributed by atoms with Crippen LogP contribution in [0.1, 0.15) is 20.3 Å². The third kappa shape index (κ3) is 2.71. The van der Waals surface area contributed by atoms with E-state index in [1.807, 2.05) is 0 Å². The highest BCUT2D eigenvalue weighted by Crippen LogP contribution is 2.21. The molecule has 0 aliphatic heterocycles. The van der Waals surface area contributed by atoms with Crippen LogP contribution in [0.3, 0.4) is 0 Å². The van der Waals surface area contributed by atoms with Gasteiger partial charge in [0.1, 0.15) is 11.8 Å². The van der Waals surface area contributed by atoms with Crippen LogP contribution < -0.4 is 11.1 Å². The number of fused-ring (bicyclic) bond motifs is 1. The van der Waals surface area contributed by atoms with Crippen molar-refractivity contribution in [3.8, 4) is 0 Å². The Morgan fingerprint density at radius 1 is 1.35 bits per heavy atom. The van der Waals surface area contributed by atoms with E-state index in [9.17, 15) is 0 Å². The minimum absolute atomic E-state index is 0.145. The van der Waals surface area contributed by atoms with Crippen LogP contribution in [0, 0.1) is 5.41 Å². The molecule has 0 aliphatic carbocycles. The Morgan fingerprint density at radius 3 is 2.94 bits per heavy atom. The van der Waals surface area contributed by atoms with Gasteiger partial charge in [0.05, 0.1) is 6.33 Å². The van der Waals surface area contributed by atoms with Crippen molar-refractivity contribution in [3.63, 3.8) is 0 Å². The van der Waals surface area contributed by atoms with Crippen molar-refractivity contribution in [3.05, 3.63) is 12.7 Å². The quantitative estimate of drug-likeness (QED) is 0.721. The van der Waals surface area contributed by atoms with Gasteiger partial charge in [-0.15, -0.1) is 0 Å². The topological polar surface area (TPSA) is 92.5 Å². The van der Waals surface area contributed by atoms with Crippen molar-refractivity contribution in [1.82, 2.24) is 19.9 Å². The molecule has 92 valence electrons. The Morgan fingerprint density at radius 2 is 2.18 bits per heavy atom. The zero-order valence-corrected chi connectivity index (χ0v) is 10.2. The summed E-state index contributed by atoms with van der Waals surface area (Å²) in [7, 11) is 0. The molecule has 2 aromatic rings. The minimum Gasteiger partial charge on any atom is -0.368 e. The number of aromatic amines is 1. The van der Waals surface area contributed by atoms with Gasteiger partial charge in [-0.1, -0.05) is 13.8 Å². The van der Waals surface area contributed by atoms with E-state index in [1.54, 1.807) is 6.33 Å². The summed E-state index contributed by atoms with van der Waals surface area (Å²) in [6.07, 6.45) is 4.11. The number of nitrogens with one attached hydrogen (secondary N) is 2. The molecule has 0 spiro atoms. The third-order valence-electron chi connectivity index (χ3n) is 2.78. The van der Waals surface area contributed by atoms with E-state index < -0.39 is 0 Å². The number of hydrogen-bond acceptors (Lipinski definition) is 5. The Bertz CT molecular complexity index is 489. The van der Waals surface area contributed by atoms with E-state index in [1.165, 1.54) is 6.33 Å². The number of hydrogen-bond donors (Lipinski definition) is 3. The summed E-state index contributed by atoms with van der Waals surface area (Å²) in [6.45, 7) is 5.86. The molecule has 2 rings (SSSR count). The third-order valence-corrected chi connectivity index (χ3v) is 2.78. The molecule has 0 radical (unpaired) electrons. The van der Waals surface area contributed by atoms with Gasteiger partial charge in [-0.3, -0.25) is 0 Å². The second-order valence-electron chi connectivity index (χ2n) is 4.88. The van der Waals surface area contributed by atoms with Crippen LogP contribution >= 0.6 is 0 Å². The fraction of sp³-hybridized carbons (Fsp3) is 0.545. The average molecular weight is 234 g/mol. The first-order valence-electron chi connectivity index (χ1n) is 5.70. The zero-order chi connectivity index (χ0) is 12.3. The summed E-state index contributed by atoms with van der Waals surface area (Å²) in [5.74, 6) is 0.789. The summed E-state index contributed by atoms with van der Waals surface area (Å²) in [5.41, 5.74) is 7.26. The lowest BCUT2D eigenvalue weighted by Gasteiger charge is -2.24. The second-order valence-corrected chi connectivity index (χ2v) is 4.88. The molecule has 17 heavy (non-hydrogen) atoms. The molecule has 0 bridgehead atoms. The standard InChI is InChI=1S/C11H18N6/c1-11(2,3-4-12)5-13-9-8-10(15-6-14-8)17-7-16-9/h6-7H,3-5,12H2,1-2H3,(H2,13,14,15,16,17). The van der Waals surface area contributed by atoms with Gasteiger partial charge >= 0.3 is 0 Å². The molecule has 6 heteroatoms. The minimum atomic E-state index is 0.145. The number of imidazole rings is 1. The fourth-order valence-electron chi connectivity index (χ4n) is 1.70. The van der Waals surface area contributed by atoms with Gasteiger partial charge in [0.2, 0.25) is 0 Å². The first-order valence-corrected chi connectivity index (χ1v) is 5.70. The highest BCUT2D eigenvalue weighted by atomic mass is 15.1. The maximum absolute atomic E-state index is 5.59. The lowest BCUT2D eigenvalue weighted by Crippen LogP contribution is -2.26. The maximum atomic E-state index is 5.59. The van der Waals surface area contributed by atoms with E-state index in [-0.39, 0.29) is 5.41 Å². The van der Waals surface area contributed by atoms with Crippen molar-refractivity contribution in [1.29, 1.82) is 0 Å². The van der Waals surface area contributed by atoms with Crippen LogP contribution in [0.4, 0.5) is 5.82 Å². The number of nitrogens with zero attached hydrogens (tertiary/aromatic N) is 3. The molecule has 0 unspecified atom stereocenters. The predicted molar refractivity (Wildman–Crippen MR) is 67.6 cm³/mol. The zero-order valence-electron chi connectivity index (χ0n) is 10.2. The summed E-state index contributed by atoms with van der Waals surface area (Å²) >= 11 is 0.